The van der Waals surface area contributed by atoms with E-state index in [2.05, 4.69) is 0 Å². The molecule has 0 unspecified atom stereocenters. The number of hydrogen-bond donors (Lipinski definition) is 2. The maximum Gasteiger partial charge on any atom is 1.00 e. The smallest absolute Gasteiger partial charge is 0.264 e. The molecule has 42 valence electrons. The Labute approximate surface area is 54.0 Å². The first-order chi connectivity index (χ1) is 2.00. The molecule has 6 heavy (non-hydrogen) atoms. The summed E-state index contributed by atoms with van der Waals surface area (Å²) in [6, 6.07) is 0. The van der Waals surface area contributed by atoms with Gasteiger partial charge >= 0.3 is 19.0 Å². The van der Waals surface area contributed by atoms with Gasteiger partial charge in [-0.15, -0.1) is 0 Å². The molecule has 0 atom stereocenters. The molecule has 0 aromatic rings. The molecule has 0 aromatic carbocycles. The minimum atomic E-state index is -4.67. The van der Waals surface area contributed by atoms with E-state index in [-0.39, 0.29) is 25.1 Å². The van der Waals surface area contributed by atoms with Crippen LogP contribution in [0.1, 0.15) is 8.56 Å². The summed E-state index contributed by atoms with van der Waals surface area (Å²) in [7, 11) is -4.67. The minimum absolute atomic E-state index is 0. The molecule has 6 heteroatoms. The molecule has 0 aliphatic heterocycles. The van der Waals surface area contributed by atoms with E-state index in [0.29, 0.717) is 0 Å². The third kappa shape index (κ3) is 374. The first kappa shape index (κ1) is 9.61. The predicted octanol–water partition coefficient (Wildman–Crippen LogP) is 0.0197. The summed E-state index contributed by atoms with van der Waals surface area (Å²) < 4.78 is 31.6. The molecule has 2 N–H and O–H groups in total. The molecule has 0 saturated heterocycles. The molecule has 4 nitrogen and oxygen atoms in total. The third-order valence-electron chi connectivity index (χ3n) is 0. The molecule has 0 rings (SSSR count). The van der Waals surface area contributed by atoms with E-state index in [9.17, 15) is 0 Å². The van der Waals surface area contributed by atoms with Crippen molar-refractivity contribution in [2.24, 2.45) is 0 Å². The Hall–Kier alpha value is 0.364. The number of rotatable bonds is 0. The summed E-state index contributed by atoms with van der Waals surface area (Å²) >= 11 is 0. The molecular formula is H8NiO4S+6. The van der Waals surface area contributed by atoms with Crippen LogP contribution in [0.25, 0.3) is 0 Å². The van der Waals surface area contributed by atoms with Gasteiger partial charge in [0.25, 0.3) is 0 Å². The largest absolute Gasteiger partial charge is 1.00 e. The molecule has 0 spiro atoms. The zero-order valence-electron chi connectivity index (χ0n) is 8.44. The van der Waals surface area contributed by atoms with Crippen LogP contribution in [0.5, 0.6) is 0 Å². The molecule has 0 aliphatic carbocycles. The van der Waals surface area contributed by atoms with Gasteiger partial charge in [0, 0.05) is 16.5 Å². The van der Waals surface area contributed by atoms with E-state index in [1.807, 2.05) is 0 Å². The monoisotopic (exact) mass is 162 g/mol. The molecule has 0 radical (unpaired) electrons. The van der Waals surface area contributed by atoms with Gasteiger partial charge in [-0.1, -0.05) is 0 Å². The van der Waals surface area contributed by atoms with Crippen molar-refractivity contribution in [1.29, 1.82) is 0 Å². The van der Waals surface area contributed by atoms with Crippen LogP contribution in [0.3, 0.4) is 0 Å². The maximum atomic E-state index is 8.74. The Morgan fingerprint density at radius 3 is 1.33 bits per heavy atom. The number of hydrogen-bond acceptors (Lipinski definition) is 2. The molecular weight excluding hydrogens is 155 g/mol. The van der Waals surface area contributed by atoms with E-state index in [0.717, 1.165) is 0 Å². The van der Waals surface area contributed by atoms with Gasteiger partial charge in [-0.25, -0.2) is 0 Å². The van der Waals surface area contributed by atoms with Gasteiger partial charge in [-0.2, -0.15) is 8.42 Å². The van der Waals surface area contributed by atoms with Gasteiger partial charge < -0.3 is 0 Å². The second-order valence-corrected chi connectivity index (χ2v) is 1.34. The summed E-state index contributed by atoms with van der Waals surface area (Å²) in [5, 5.41) is 0. The quantitative estimate of drug-likeness (QED) is 0.389. The van der Waals surface area contributed by atoms with Crippen LogP contribution in [-0.2, 0) is 26.9 Å². The summed E-state index contributed by atoms with van der Waals surface area (Å²) in [4.78, 5) is 0. The van der Waals surface area contributed by atoms with Crippen molar-refractivity contribution < 1.29 is 42.6 Å². The molecule has 0 amide bonds. The van der Waals surface area contributed by atoms with Gasteiger partial charge in [-0.3, -0.25) is 9.11 Å². The van der Waals surface area contributed by atoms with Gasteiger partial charge in [0.1, 0.15) is 0 Å². The summed E-state index contributed by atoms with van der Waals surface area (Å²) in [5.41, 5.74) is 0. The van der Waals surface area contributed by atoms with Crippen LogP contribution >= 0.6 is 0 Å². The molecule has 0 fully saturated rings. The maximum absolute atomic E-state index is 8.74. The normalized spacial score (nSPS) is 9.67. The fraction of sp³-hybridized carbons (Fsp3) is 0. The van der Waals surface area contributed by atoms with Crippen molar-refractivity contribution in [2.75, 3.05) is 0 Å². The van der Waals surface area contributed by atoms with Gasteiger partial charge in [0.05, 0.1) is 0 Å². The summed E-state index contributed by atoms with van der Waals surface area (Å²) in [6.45, 7) is 0. The molecule has 0 aliphatic rings. The van der Waals surface area contributed by atoms with Crippen LogP contribution in [-0.4, -0.2) is 17.5 Å². The fourth-order valence-electron chi connectivity index (χ4n) is 0. The van der Waals surface area contributed by atoms with Crippen molar-refractivity contribution in [3.05, 3.63) is 0 Å². The second-order valence-electron chi connectivity index (χ2n) is 0.448. The van der Waals surface area contributed by atoms with Crippen LogP contribution in [0.4, 0.5) is 0 Å². The van der Waals surface area contributed by atoms with Crippen LogP contribution < -0.4 is 0 Å². The van der Waals surface area contributed by atoms with Gasteiger partial charge in [-0.05, 0) is 0 Å². The van der Waals surface area contributed by atoms with Gasteiger partial charge in [0.15, 0.2) is 0 Å². The third-order valence-corrected chi connectivity index (χ3v) is 0. The Bertz CT molecular complexity index is 103. The summed E-state index contributed by atoms with van der Waals surface area (Å²) in [5.74, 6) is 0. The average Bonchev–Trinajstić information content (AvgIpc) is 0.722. The SMILES string of the molecule is O=S(=O)(O)O.[H+].[H+].[H+].[H+].[H+].[H+].[Ni]. The van der Waals surface area contributed by atoms with Crippen molar-refractivity contribution in [1.82, 2.24) is 0 Å². The topological polar surface area (TPSA) is 74.6 Å². The van der Waals surface area contributed by atoms with Gasteiger partial charge in [0.2, 0.25) is 0 Å². The second kappa shape index (κ2) is 2.52. The Kier molecular flexibility index (Phi) is 4.04. The standard InChI is InChI=1S/Ni.H2O4S/c;1-5(2,3)4/h;(H2,1,2,3,4)/p+6. The molecule has 0 aromatic heterocycles. The fourth-order valence-corrected chi connectivity index (χ4v) is 0. The zero-order chi connectivity index (χ0) is 4.50. The van der Waals surface area contributed by atoms with Crippen LogP contribution in [0, 0.1) is 0 Å². The Balaban J connectivity index is -0.00000000381. The summed E-state index contributed by atoms with van der Waals surface area (Å²) in [6.07, 6.45) is 0. The molecule has 0 bridgehead atoms. The van der Waals surface area contributed by atoms with E-state index in [1.54, 1.807) is 0 Å². The average molecular weight is 163 g/mol. The van der Waals surface area contributed by atoms with E-state index < -0.39 is 10.4 Å². The first-order valence-corrected chi connectivity index (χ1v) is 2.10. The molecule has 0 heterocycles. The van der Waals surface area contributed by atoms with E-state index in [4.69, 9.17) is 17.5 Å². The van der Waals surface area contributed by atoms with Crippen molar-refractivity contribution in [3.8, 4) is 0 Å². The minimum Gasteiger partial charge on any atom is -0.264 e. The first-order valence-electron chi connectivity index (χ1n) is 0.698. The van der Waals surface area contributed by atoms with E-state index >= 15 is 0 Å². The van der Waals surface area contributed by atoms with Crippen molar-refractivity contribution in [3.63, 3.8) is 0 Å². The predicted molar refractivity (Wildman–Crippen MR) is 20.8 cm³/mol. The van der Waals surface area contributed by atoms with Crippen molar-refractivity contribution >= 4 is 10.4 Å². The Morgan fingerprint density at radius 2 is 1.33 bits per heavy atom. The van der Waals surface area contributed by atoms with E-state index in [1.165, 1.54) is 0 Å². The van der Waals surface area contributed by atoms with Crippen LogP contribution in [0.15, 0.2) is 0 Å². The van der Waals surface area contributed by atoms with Crippen molar-refractivity contribution in [2.45, 2.75) is 0 Å². The zero-order valence-corrected chi connectivity index (χ0v) is 4.24. The Morgan fingerprint density at radius 1 is 1.33 bits per heavy atom. The molecule has 0 saturated carbocycles. The van der Waals surface area contributed by atoms with Crippen LogP contribution in [0.2, 0.25) is 0 Å².